The van der Waals surface area contributed by atoms with Crippen LogP contribution in [0.25, 0.3) is 0 Å². The number of para-hydroxylation sites is 2. The summed E-state index contributed by atoms with van der Waals surface area (Å²) in [6.45, 7) is 4.22. The second-order valence-corrected chi connectivity index (χ2v) is 7.67. The Labute approximate surface area is 172 Å². The largest absolute Gasteiger partial charge is 0.485 e. The number of rotatable bonds is 5. The normalized spacial score (nSPS) is 15.2. The fourth-order valence-corrected chi connectivity index (χ4v) is 3.60. The van der Waals surface area contributed by atoms with Crippen molar-refractivity contribution in [3.63, 3.8) is 0 Å². The highest BCUT2D eigenvalue weighted by Gasteiger charge is 2.28. The number of anilines is 1. The van der Waals surface area contributed by atoms with Gasteiger partial charge in [0.05, 0.1) is 5.75 Å². The van der Waals surface area contributed by atoms with Crippen molar-refractivity contribution in [1.82, 2.24) is 14.9 Å². The highest BCUT2D eigenvalue weighted by molar-refractivity contribution is 7.99. The van der Waals surface area contributed by atoms with E-state index >= 15 is 0 Å². The van der Waals surface area contributed by atoms with Gasteiger partial charge >= 0.3 is 0 Å². The summed E-state index contributed by atoms with van der Waals surface area (Å²) >= 11 is 1.21. The van der Waals surface area contributed by atoms with Gasteiger partial charge in [-0.25, -0.2) is 4.68 Å². The van der Waals surface area contributed by atoms with Crippen LogP contribution in [0, 0.1) is 13.8 Å². The summed E-state index contributed by atoms with van der Waals surface area (Å²) in [5, 5.41) is 11.6. The number of amides is 1. The summed E-state index contributed by atoms with van der Waals surface area (Å²) in [6, 6.07) is 13.3. The molecule has 0 saturated carbocycles. The van der Waals surface area contributed by atoms with Crippen molar-refractivity contribution in [2.75, 3.05) is 23.5 Å². The molecular formula is C20H21N5O3S. The average molecular weight is 411 g/mol. The van der Waals surface area contributed by atoms with Gasteiger partial charge in [-0.1, -0.05) is 36.0 Å². The minimum absolute atomic E-state index is 0.139. The molecule has 1 aliphatic rings. The number of thioether (sulfide) groups is 1. The van der Waals surface area contributed by atoms with Gasteiger partial charge in [-0.3, -0.25) is 4.79 Å². The van der Waals surface area contributed by atoms with Crippen LogP contribution in [0.15, 0.2) is 47.6 Å². The molecule has 4 rings (SSSR count). The molecule has 9 heteroatoms. The molecule has 2 heterocycles. The zero-order valence-corrected chi connectivity index (χ0v) is 16.9. The van der Waals surface area contributed by atoms with Gasteiger partial charge in [0.15, 0.2) is 23.4 Å². The Morgan fingerprint density at radius 2 is 2.03 bits per heavy atom. The molecule has 3 aromatic rings. The summed E-state index contributed by atoms with van der Waals surface area (Å²) in [5.41, 5.74) is 2.89. The second kappa shape index (κ2) is 8.04. The molecule has 1 aromatic heterocycles. The van der Waals surface area contributed by atoms with Crippen molar-refractivity contribution in [1.29, 1.82) is 0 Å². The molecule has 2 aromatic carbocycles. The van der Waals surface area contributed by atoms with Gasteiger partial charge in [-0.05, 0) is 43.2 Å². The maximum Gasteiger partial charge on any atom is 0.234 e. The molecule has 1 amide bonds. The molecule has 0 spiro atoms. The predicted molar refractivity (Wildman–Crippen MR) is 111 cm³/mol. The Kier molecular flexibility index (Phi) is 5.30. The fourth-order valence-electron chi connectivity index (χ4n) is 2.94. The molecule has 0 unspecified atom stereocenters. The van der Waals surface area contributed by atoms with E-state index in [2.05, 4.69) is 15.5 Å². The first-order valence-corrected chi connectivity index (χ1v) is 10.1. The van der Waals surface area contributed by atoms with E-state index in [1.165, 1.54) is 16.4 Å². The smallest absolute Gasteiger partial charge is 0.234 e. The van der Waals surface area contributed by atoms with E-state index in [0.29, 0.717) is 22.5 Å². The predicted octanol–water partition coefficient (Wildman–Crippen LogP) is 2.85. The number of hydrogen-bond donors (Lipinski definition) is 2. The molecule has 0 radical (unpaired) electrons. The molecule has 3 N–H and O–H groups in total. The number of nitrogens with one attached hydrogen (secondary N) is 1. The van der Waals surface area contributed by atoms with E-state index in [9.17, 15) is 4.79 Å². The lowest BCUT2D eigenvalue weighted by Gasteiger charge is -2.25. The van der Waals surface area contributed by atoms with Crippen LogP contribution in [0.2, 0.25) is 0 Å². The molecule has 150 valence electrons. The van der Waals surface area contributed by atoms with Crippen molar-refractivity contribution < 1.29 is 14.3 Å². The summed E-state index contributed by atoms with van der Waals surface area (Å²) in [7, 11) is 0. The number of nitrogens with zero attached hydrogens (tertiary/aromatic N) is 3. The van der Waals surface area contributed by atoms with Crippen LogP contribution in [0.3, 0.4) is 0 Å². The van der Waals surface area contributed by atoms with Crippen molar-refractivity contribution in [3.8, 4) is 11.5 Å². The van der Waals surface area contributed by atoms with Crippen LogP contribution in [0.1, 0.15) is 23.1 Å². The third-order valence-corrected chi connectivity index (χ3v) is 5.43. The van der Waals surface area contributed by atoms with E-state index in [-0.39, 0.29) is 18.3 Å². The minimum Gasteiger partial charge on any atom is -0.485 e. The lowest BCUT2D eigenvalue weighted by atomic mass is 10.1. The van der Waals surface area contributed by atoms with Crippen LogP contribution < -0.4 is 20.6 Å². The van der Waals surface area contributed by atoms with Crippen molar-refractivity contribution in [3.05, 3.63) is 59.4 Å². The first-order valence-electron chi connectivity index (χ1n) is 9.10. The Balaban J connectivity index is 1.39. The maximum absolute atomic E-state index is 12.3. The molecule has 0 fully saturated rings. The number of fused-ring (bicyclic) bond motifs is 1. The van der Waals surface area contributed by atoms with E-state index in [1.54, 1.807) is 0 Å². The third-order valence-electron chi connectivity index (χ3n) is 4.49. The van der Waals surface area contributed by atoms with Gasteiger partial charge in [-0.15, -0.1) is 10.2 Å². The van der Waals surface area contributed by atoms with Gasteiger partial charge in [0.2, 0.25) is 11.1 Å². The van der Waals surface area contributed by atoms with Crippen molar-refractivity contribution in [2.45, 2.75) is 25.1 Å². The highest BCUT2D eigenvalue weighted by Crippen LogP contribution is 2.35. The number of carbonyl (C=O) groups excluding carboxylic acids is 1. The number of benzene rings is 2. The molecule has 1 aliphatic heterocycles. The Hall–Kier alpha value is -3.20. The molecule has 29 heavy (non-hydrogen) atoms. The standard InChI is InChI=1S/C20H21N5O3S/c1-12-7-8-13(2)14(9-12)22-18(26)11-29-20-24-23-19(25(20)21)17-10-27-15-5-3-4-6-16(15)28-17/h3-9,17H,10-11,21H2,1-2H3,(H,22,26)/t17-/m1/s1. The lowest BCUT2D eigenvalue weighted by Crippen LogP contribution is -2.27. The zero-order chi connectivity index (χ0) is 20.4. The number of ether oxygens (including phenoxy) is 2. The summed E-state index contributed by atoms with van der Waals surface area (Å²) in [5.74, 6) is 7.92. The minimum atomic E-state index is -0.472. The van der Waals surface area contributed by atoms with Crippen LogP contribution in [0.5, 0.6) is 11.5 Å². The van der Waals surface area contributed by atoms with Crippen LogP contribution >= 0.6 is 11.8 Å². The number of nitrogens with two attached hydrogens (primary N) is 1. The molecule has 0 saturated heterocycles. The first kappa shape index (κ1) is 19.1. The Morgan fingerprint density at radius 3 is 2.86 bits per heavy atom. The SMILES string of the molecule is Cc1ccc(C)c(NC(=O)CSc2nnc([C@H]3COc4ccccc4O3)n2N)c1. The zero-order valence-electron chi connectivity index (χ0n) is 16.1. The van der Waals surface area contributed by atoms with E-state index in [1.807, 2.05) is 56.3 Å². The Bertz CT molecular complexity index is 1050. The van der Waals surface area contributed by atoms with Crippen LogP contribution in [-0.2, 0) is 4.79 Å². The van der Waals surface area contributed by atoms with Crippen molar-refractivity contribution in [2.24, 2.45) is 0 Å². The Morgan fingerprint density at radius 1 is 1.24 bits per heavy atom. The van der Waals surface area contributed by atoms with Crippen LogP contribution in [0.4, 0.5) is 5.69 Å². The number of aromatic nitrogens is 3. The number of carbonyl (C=O) groups is 1. The third kappa shape index (κ3) is 4.14. The summed E-state index contributed by atoms with van der Waals surface area (Å²) < 4.78 is 13.0. The lowest BCUT2D eigenvalue weighted by molar-refractivity contribution is -0.113. The number of nitrogen functional groups attached to an aromatic ring is 1. The van der Waals surface area contributed by atoms with E-state index < -0.39 is 6.10 Å². The van der Waals surface area contributed by atoms with Gasteiger partial charge in [0.25, 0.3) is 0 Å². The van der Waals surface area contributed by atoms with Gasteiger partial charge in [-0.2, -0.15) is 0 Å². The van der Waals surface area contributed by atoms with Gasteiger partial charge in [0.1, 0.15) is 6.61 Å². The van der Waals surface area contributed by atoms with E-state index in [4.69, 9.17) is 15.3 Å². The van der Waals surface area contributed by atoms with Crippen LogP contribution in [-0.4, -0.2) is 33.1 Å². The highest BCUT2D eigenvalue weighted by atomic mass is 32.2. The summed E-state index contributed by atoms with van der Waals surface area (Å²) in [6.07, 6.45) is -0.472. The monoisotopic (exact) mass is 411 g/mol. The maximum atomic E-state index is 12.3. The molecule has 1 atom stereocenters. The van der Waals surface area contributed by atoms with Gasteiger partial charge < -0.3 is 20.6 Å². The van der Waals surface area contributed by atoms with E-state index in [0.717, 1.165) is 16.8 Å². The summed E-state index contributed by atoms with van der Waals surface area (Å²) in [4.78, 5) is 12.3. The molecule has 8 nitrogen and oxygen atoms in total. The topological polar surface area (TPSA) is 104 Å². The quantitative estimate of drug-likeness (QED) is 0.491. The molecule has 0 bridgehead atoms. The van der Waals surface area contributed by atoms with Crippen molar-refractivity contribution >= 4 is 23.4 Å². The van der Waals surface area contributed by atoms with Gasteiger partial charge in [0, 0.05) is 5.69 Å². The molecule has 0 aliphatic carbocycles. The first-order chi connectivity index (χ1) is 14.0. The fraction of sp³-hybridized carbons (Fsp3) is 0.250. The number of aryl methyl sites for hydroxylation is 2. The molecular weight excluding hydrogens is 390 g/mol. The average Bonchev–Trinajstić information content (AvgIpc) is 3.09. The number of hydrogen-bond acceptors (Lipinski definition) is 7. The second-order valence-electron chi connectivity index (χ2n) is 6.73.